The lowest BCUT2D eigenvalue weighted by Crippen LogP contribution is -2.24. The number of methoxy groups -OCH3 is 1. The summed E-state index contributed by atoms with van der Waals surface area (Å²) in [6.07, 6.45) is 4.21. The zero-order valence-corrected chi connectivity index (χ0v) is 12.6. The van der Waals surface area contributed by atoms with Crippen molar-refractivity contribution in [2.45, 2.75) is 18.6 Å². The van der Waals surface area contributed by atoms with Gasteiger partial charge in [-0.2, -0.15) is 0 Å². The number of hydrogen-bond acceptors (Lipinski definition) is 4. The molecule has 2 unspecified atom stereocenters. The predicted molar refractivity (Wildman–Crippen MR) is 79.8 cm³/mol. The van der Waals surface area contributed by atoms with Gasteiger partial charge in [0.15, 0.2) is 0 Å². The molecule has 2 atom stereocenters. The number of aromatic nitrogens is 1. The number of fused-ring (bicyclic) bond motifs is 1. The van der Waals surface area contributed by atoms with E-state index in [-0.39, 0.29) is 12.1 Å². The molecule has 0 radical (unpaired) electrons. The van der Waals surface area contributed by atoms with Crippen LogP contribution >= 0.6 is 15.9 Å². The van der Waals surface area contributed by atoms with Crippen molar-refractivity contribution in [1.82, 2.24) is 4.98 Å². The van der Waals surface area contributed by atoms with Crippen molar-refractivity contribution in [3.8, 4) is 11.5 Å². The summed E-state index contributed by atoms with van der Waals surface area (Å²) in [6, 6.07) is 7.72. The van der Waals surface area contributed by atoms with Gasteiger partial charge < -0.3 is 15.2 Å². The van der Waals surface area contributed by atoms with Crippen LogP contribution in [0.4, 0.5) is 0 Å². The van der Waals surface area contributed by atoms with E-state index in [4.69, 9.17) is 15.2 Å². The molecule has 0 bridgehead atoms. The lowest BCUT2D eigenvalue weighted by atomic mass is 9.94. The molecule has 5 heteroatoms. The van der Waals surface area contributed by atoms with Crippen LogP contribution in [0, 0.1) is 0 Å². The number of benzene rings is 1. The molecule has 0 spiro atoms. The summed E-state index contributed by atoms with van der Waals surface area (Å²) in [5, 5.41) is 0. The van der Waals surface area contributed by atoms with Gasteiger partial charge in [0.05, 0.1) is 7.11 Å². The van der Waals surface area contributed by atoms with Crippen molar-refractivity contribution in [1.29, 1.82) is 0 Å². The molecule has 20 heavy (non-hydrogen) atoms. The molecular weight excluding hydrogens is 320 g/mol. The molecule has 3 rings (SSSR count). The van der Waals surface area contributed by atoms with Gasteiger partial charge in [-0.15, -0.1) is 0 Å². The Balaban J connectivity index is 1.95. The number of pyridine rings is 1. The molecule has 0 saturated heterocycles. The molecule has 2 aromatic rings. The van der Waals surface area contributed by atoms with Crippen LogP contribution in [0.15, 0.2) is 41.1 Å². The highest BCUT2D eigenvalue weighted by Gasteiger charge is 2.27. The second-order valence-corrected chi connectivity index (χ2v) is 5.70. The molecule has 2 heterocycles. The number of nitrogens with two attached hydrogens (primary N) is 1. The first-order valence-corrected chi connectivity index (χ1v) is 7.17. The van der Waals surface area contributed by atoms with Crippen LogP contribution in [0.2, 0.25) is 0 Å². The van der Waals surface area contributed by atoms with Gasteiger partial charge in [0.1, 0.15) is 17.6 Å². The molecule has 2 N–H and O–H groups in total. The number of rotatable bonds is 2. The topological polar surface area (TPSA) is 57.4 Å². The maximum atomic E-state index is 6.25. The van der Waals surface area contributed by atoms with Gasteiger partial charge in [-0.05, 0) is 28.1 Å². The fraction of sp³-hybridized carbons (Fsp3) is 0.267. The third kappa shape index (κ3) is 2.51. The molecular formula is C15H15BrN2O2. The zero-order valence-electron chi connectivity index (χ0n) is 11.0. The Kier molecular flexibility index (Phi) is 3.63. The average Bonchev–Trinajstić information content (AvgIpc) is 2.46. The van der Waals surface area contributed by atoms with Gasteiger partial charge in [-0.3, -0.25) is 4.98 Å². The van der Waals surface area contributed by atoms with E-state index < -0.39 is 0 Å². The quantitative estimate of drug-likeness (QED) is 0.914. The molecule has 4 nitrogen and oxygen atoms in total. The molecule has 1 aromatic heterocycles. The van der Waals surface area contributed by atoms with E-state index in [0.717, 1.165) is 33.5 Å². The van der Waals surface area contributed by atoms with Crippen LogP contribution in [0.25, 0.3) is 0 Å². The Hall–Kier alpha value is -1.59. The van der Waals surface area contributed by atoms with E-state index in [1.807, 2.05) is 30.5 Å². The van der Waals surface area contributed by atoms with Gasteiger partial charge in [0, 0.05) is 46.5 Å². The second kappa shape index (κ2) is 5.42. The van der Waals surface area contributed by atoms with Crippen LogP contribution in [0.5, 0.6) is 11.5 Å². The van der Waals surface area contributed by atoms with E-state index in [1.165, 1.54) is 0 Å². The number of ether oxygens (including phenoxy) is 2. The number of halogens is 1. The largest absolute Gasteiger partial charge is 0.497 e. The molecule has 0 fully saturated rings. The molecule has 0 aliphatic carbocycles. The van der Waals surface area contributed by atoms with Gasteiger partial charge in [0.25, 0.3) is 0 Å². The van der Waals surface area contributed by atoms with Crippen LogP contribution in [0.3, 0.4) is 0 Å². The van der Waals surface area contributed by atoms with Crippen molar-refractivity contribution in [3.63, 3.8) is 0 Å². The molecule has 1 aliphatic rings. The number of hydrogen-bond donors (Lipinski definition) is 1. The van der Waals surface area contributed by atoms with Gasteiger partial charge in [0.2, 0.25) is 0 Å². The molecule has 0 amide bonds. The van der Waals surface area contributed by atoms with Crippen LogP contribution in [0.1, 0.15) is 29.7 Å². The summed E-state index contributed by atoms with van der Waals surface area (Å²) in [5.74, 6) is 1.55. The Bertz CT molecular complexity index is 633. The highest BCUT2D eigenvalue weighted by Crippen LogP contribution is 2.41. The van der Waals surface area contributed by atoms with Crippen molar-refractivity contribution < 1.29 is 9.47 Å². The van der Waals surface area contributed by atoms with E-state index >= 15 is 0 Å². The monoisotopic (exact) mass is 334 g/mol. The SMILES string of the molecule is COc1ccc2c(c1)OC(c1cncc(Br)c1)CC2N. The number of nitrogens with zero attached hydrogens (tertiary/aromatic N) is 1. The summed E-state index contributed by atoms with van der Waals surface area (Å²) in [5.41, 5.74) is 8.29. The molecule has 1 aromatic carbocycles. The van der Waals surface area contributed by atoms with E-state index in [0.29, 0.717) is 0 Å². The van der Waals surface area contributed by atoms with E-state index in [2.05, 4.69) is 20.9 Å². The summed E-state index contributed by atoms with van der Waals surface area (Å²) < 4.78 is 12.2. The minimum absolute atomic E-state index is 0.0476. The fourth-order valence-electron chi connectivity index (χ4n) is 2.42. The van der Waals surface area contributed by atoms with Crippen molar-refractivity contribution in [2.24, 2.45) is 5.73 Å². The Labute approximate surface area is 126 Å². The summed E-state index contributed by atoms with van der Waals surface area (Å²) in [4.78, 5) is 4.18. The zero-order chi connectivity index (χ0) is 14.1. The Morgan fingerprint density at radius 1 is 1.35 bits per heavy atom. The lowest BCUT2D eigenvalue weighted by Gasteiger charge is -2.30. The minimum Gasteiger partial charge on any atom is -0.497 e. The molecule has 1 aliphatic heterocycles. The fourth-order valence-corrected chi connectivity index (χ4v) is 2.80. The third-order valence-electron chi connectivity index (χ3n) is 3.46. The second-order valence-electron chi connectivity index (χ2n) is 4.79. The van der Waals surface area contributed by atoms with Crippen LogP contribution < -0.4 is 15.2 Å². The predicted octanol–water partition coefficient (Wildman–Crippen LogP) is 3.38. The van der Waals surface area contributed by atoms with Crippen LogP contribution in [-0.4, -0.2) is 12.1 Å². The molecule has 0 saturated carbocycles. The average molecular weight is 335 g/mol. The smallest absolute Gasteiger partial charge is 0.128 e. The molecule has 104 valence electrons. The van der Waals surface area contributed by atoms with Crippen molar-refractivity contribution >= 4 is 15.9 Å². The minimum atomic E-state index is -0.0883. The normalized spacial score (nSPS) is 20.9. The van der Waals surface area contributed by atoms with E-state index in [9.17, 15) is 0 Å². The summed E-state index contributed by atoms with van der Waals surface area (Å²) in [6.45, 7) is 0. The van der Waals surface area contributed by atoms with Gasteiger partial charge in [-0.25, -0.2) is 0 Å². The van der Waals surface area contributed by atoms with Crippen molar-refractivity contribution in [3.05, 3.63) is 52.3 Å². The van der Waals surface area contributed by atoms with E-state index in [1.54, 1.807) is 13.3 Å². The van der Waals surface area contributed by atoms with Crippen molar-refractivity contribution in [2.75, 3.05) is 7.11 Å². The lowest BCUT2D eigenvalue weighted by molar-refractivity contribution is 0.160. The Morgan fingerprint density at radius 2 is 2.20 bits per heavy atom. The van der Waals surface area contributed by atoms with Gasteiger partial charge >= 0.3 is 0 Å². The first-order chi connectivity index (χ1) is 9.67. The maximum absolute atomic E-state index is 6.25. The summed E-state index contributed by atoms with van der Waals surface area (Å²) in [7, 11) is 1.64. The standard InChI is InChI=1S/C15H15BrN2O2/c1-19-11-2-3-12-13(17)6-14(20-15(12)5-11)9-4-10(16)8-18-7-9/h2-5,7-8,13-14H,6,17H2,1H3. The van der Waals surface area contributed by atoms with Crippen LogP contribution in [-0.2, 0) is 0 Å². The maximum Gasteiger partial charge on any atom is 0.128 e. The first kappa shape index (κ1) is 13.4. The Morgan fingerprint density at radius 3 is 2.95 bits per heavy atom. The third-order valence-corrected chi connectivity index (χ3v) is 3.89. The first-order valence-electron chi connectivity index (χ1n) is 6.38. The highest BCUT2D eigenvalue weighted by molar-refractivity contribution is 9.10. The highest BCUT2D eigenvalue weighted by atomic mass is 79.9. The van der Waals surface area contributed by atoms with Gasteiger partial charge in [-0.1, -0.05) is 6.07 Å². The summed E-state index contributed by atoms with van der Waals surface area (Å²) >= 11 is 3.43.